The summed E-state index contributed by atoms with van der Waals surface area (Å²) in [7, 11) is -9.98. The molecule has 0 spiro atoms. The summed E-state index contributed by atoms with van der Waals surface area (Å²) in [6, 6.07) is 0. The van der Waals surface area contributed by atoms with E-state index in [1.165, 1.54) is 154 Å². The van der Waals surface area contributed by atoms with Crippen molar-refractivity contribution in [1.29, 1.82) is 0 Å². The van der Waals surface area contributed by atoms with Crippen molar-refractivity contribution < 1.29 is 80.2 Å². The molecule has 3 N–H and O–H groups in total. The Morgan fingerprint density at radius 3 is 0.811 bits per heavy atom. The molecular weight excluding hydrogens is 1380 g/mol. The number of phosphoric ester groups is 2. The predicted octanol–water partition coefficient (Wildman–Crippen LogP) is 24.9. The fourth-order valence-corrected chi connectivity index (χ4v) is 12.9. The van der Waals surface area contributed by atoms with Crippen molar-refractivity contribution in [3.05, 3.63) is 109 Å². The molecule has 612 valence electrons. The van der Waals surface area contributed by atoms with Gasteiger partial charge >= 0.3 is 39.5 Å². The van der Waals surface area contributed by atoms with Crippen LogP contribution >= 0.6 is 15.6 Å². The minimum atomic E-state index is -4.99. The van der Waals surface area contributed by atoms with Gasteiger partial charge in [-0.05, 0) is 109 Å². The summed E-state index contributed by atoms with van der Waals surface area (Å²) in [5.41, 5.74) is 0. The Morgan fingerprint density at radius 1 is 0.274 bits per heavy atom. The molecule has 19 heteroatoms. The Labute approximate surface area is 645 Å². The molecule has 106 heavy (non-hydrogen) atoms. The monoisotopic (exact) mass is 1530 g/mol. The minimum Gasteiger partial charge on any atom is -0.462 e. The van der Waals surface area contributed by atoms with Crippen molar-refractivity contribution in [2.24, 2.45) is 0 Å². The first-order valence-corrected chi connectivity index (χ1v) is 45.1. The molecule has 2 unspecified atom stereocenters. The number of carbonyl (C=O) groups is 4. The number of carbonyl (C=O) groups excluding carboxylic acids is 4. The van der Waals surface area contributed by atoms with Crippen LogP contribution in [0.25, 0.3) is 0 Å². The van der Waals surface area contributed by atoms with Gasteiger partial charge in [0.1, 0.15) is 19.3 Å². The van der Waals surface area contributed by atoms with Crippen LogP contribution in [0.1, 0.15) is 362 Å². The number of esters is 4. The second-order valence-corrected chi connectivity index (χ2v) is 31.0. The zero-order valence-electron chi connectivity index (χ0n) is 67.1. The van der Waals surface area contributed by atoms with Gasteiger partial charge in [0.25, 0.3) is 0 Å². The summed E-state index contributed by atoms with van der Waals surface area (Å²) in [4.78, 5) is 73.1. The number of unbranched alkanes of at least 4 members (excludes halogenated alkanes) is 35. The summed E-state index contributed by atoms with van der Waals surface area (Å²) in [5, 5.41) is 10.7. The van der Waals surface area contributed by atoms with Gasteiger partial charge in [-0.2, -0.15) is 0 Å². The number of aliphatic hydroxyl groups excluding tert-OH is 1. The third-order valence-corrected chi connectivity index (χ3v) is 19.7. The van der Waals surface area contributed by atoms with Gasteiger partial charge in [-0.3, -0.25) is 37.3 Å². The smallest absolute Gasteiger partial charge is 0.462 e. The van der Waals surface area contributed by atoms with Crippen LogP contribution in [0.4, 0.5) is 0 Å². The standard InChI is InChI=1S/C87H152O17P2/c1-5-9-13-17-21-25-29-33-37-39-40-42-46-50-54-58-62-66-70-74-87(92)104-83(77-97-84(89)71-67-63-59-55-51-47-43-35-31-27-23-19-15-11-7-3)80-102-106(95,96)100-76-81(88)75-99-105(93,94)101-79-82(103-86(91)73-69-65-61-57-53-49-44-36-32-28-24-20-16-12-8-4)78-98-85(90)72-68-64-60-56-52-48-45-41-38-34-30-26-22-18-14-10-6-2/h9,13,21-22,25-26,33-34,37-38,40,42,45,48,50,54,56,60,81-83,88H,5-8,10-12,14-20,23-24,27-32,35-36,39,41,43-44,46-47,49,51-53,55,57-59,61-80H2,1-4H3,(H,93,94)(H,95,96)/b13-9-,25-21-,26-22-,37-33-,38-34-,42-40-,48-45-,54-50-,60-56-/t81-,82-,83-/m1/s1. The largest absolute Gasteiger partial charge is 0.472 e. The highest BCUT2D eigenvalue weighted by Crippen LogP contribution is 2.45. The van der Waals surface area contributed by atoms with E-state index in [1.807, 2.05) is 12.2 Å². The SMILES string of the molecule is CC/C=C\C/C=C\C/C=C\C/C=C\C/C=C\CCCCCC(=O)O[C@H](COC(=O)CCCCCCCCCCCCCCCCC)COP(=O)(O)OC[C@H](O)COP(=O)(O)OC[C@@H](COC(=O)CCC/C=C\C/C=C\C/C=C\C/C=C\CCCCC)OC(=O)CCCCCCCCCCCCCCCCC. The number of rotatable bonds is 79. The molecule has 0 fully saturated rings. The van der Waals surface area contributed by atoms with Gasteiger partial charge in [-0.25, -0.2) is 9.13 Å². The summed E-state index contributed by atoms with van der Waals surface area (Å²) < 4.78 is 68.7. The van der Waals surface area contributed by atoms with Crippen molar-refractivity contribution in [2.75, 3.05) is 39.6 Å². The molecule has 0 aliphatic carbocycles. The van der Waals surface area contributed by atoms with Gasteiger partial charge < -0.3 is 33.8 Å². The topological polar surface area (TPSA) is 237 Å². The van der Waals surface area contributed by atoms with Crippen molar-refractivity contribution >= 4 is 39.5 Å². The number of ether oxygens (including phenoxy) is 4. The van der Waals surface area contributed by atoms with E-state index < -0.39 is 97.5 Å². The molecule has 0 saturated carbocycles. The zero-order chi connectivity index (χ0) is 77.4. The second-order valence-electron chi connectivity index (χ2n) is 28.1. The molecule has 0 rings (SSSR count). The highest BCUT2D eigenvalue weighted by Gasteiger charge is 2.30. The molecule has 5 atom stereocenters. The number of phosphoric acid groups is 2. The maximum absolute atomic E-state index is 13.1. The maximum atomic E-state index is 13.1. The first kappa shape index (κ1) is 102. The van der Waals surface area contributed by atoms with E-state index in [1.54, 1.807) is 0 Å². The summed E-state index contributed by atoms with van der Waals surface area (Å²) in [6.07, 6.45) is 86.3. The van der Waals surface area contributed by atoms with Gasteiger partial charge in [0.2, 0.25) is 0 Å². The molecule has 0 amide bonds. The van der Waals surface area contributed by atoms with E-state index >= 15 is 0 Å². The lowest BCUT2D eigenvalue weighted by molar-refractivity contribution is -0.161. The van der Waals surface area contributed by atoms with Crippen molar-refractivity contribution in [3.8, 4) is 0 Å². The first-order valence-electron chi connectivity index (χ1n) is 42.1. The van der Waals surface area contributed by atoms with E-state index in [9.17, 15) is 43.2 Å². The average Bonchev–Trinajstić information content (AvgIpc) is 0.908. The van der Waals surface area contributed by atoms with E-state index in [-0.39, 0.29) is 25.7 Å². The van der Waals surface area contributed by atoms with Crippen LogP contribution in [-0.4, -0.2) is 96.7 Å². The van der Waals surface area contributed by atoms with E-state index in [0.717, 1.165) is 122 Å². The molecular formula is C87H152O17P2. The Morgan fingerprint density at radius 2 is 0.500 bits per heavy atom. The molecule has 0 radical (unpaired) electrons. The first-order chi connectivity index (χ1) is 51.7. The van der Waals surface area contributed by atoms with Crippen molar-refractivity contribution in [2.45, 2.75) is 380 Å². The minimum absolute atomic E-state index is 0.0558. The third-order valence-electron chi connectivity index (χ3n) is 17.8. The highest BCUT2D eigenvalue weighted by atomic mass is 31.2. The van der Waals surface area contributed by atoms with Crippen LogP contribution in [0.15, 0.2) is 109 Å². The van der Waals surface area contributed by atoms with E-state index in [0.29, 0.717) is 32.1 Å². The lowest BCUT2D eigenvalue weighted by Gasteiger charge is -2.21. The number of hydrogen-bond acceptors (Lipinski definition) is 15. The molecule has 0 aliphatic rings. The summed E-state index contributed by atoms with van der Waals surface area (Å²) in [5.74, 6) is -2.25. The van der Waals surface area contributed by atoms with Crippen molar-refractivity contribution in [3.63, 3.8) is 0 Å². The molecule has 0 aromatic rings. The van der Waals surface area contributed by atoms with Crippen LogP contribution in [0, 0.1) is 0 Å². The van der Waals surface area contributed by atoms with Crippen LogP contribution in [-0.2, 0) is 65.4 Å². The number of hydrogen-bond donors (Lipinski definition) is 3. The number of aliphatic hydroxyl groups is 1. The fraction of sp³-hybridized carbons (Fsp3) is 0.747. The van der Waals surface area contributed by atoms with Gasteiger partial charge in [-0.1, -0.05) is 336 Å². The van der Waals surface area contributed by atoms with Gasteiger partial charge in [0.15, 0.2) is 12.2 Å². The van der Waals surface area contributed by atoms with Gasteiger partial charge in [0, 0.05) is 25.7 Å². The molecule has 0 aromatic carbocycles. The summed E-state index contributed by atoms with van der Waals surface area (Å²) in [6.45, 7) is 4.70. The van der Waals surface area contributed by atoms with Crippen LogP contribution < -0.4 is 0 Å². The second kappa shape index (κ2) is 78.8. The fourth-order valence-electron chi connectivity index (χ4n) is 11.4. The van der Waals surface area contributed by atoms with E-state index in [2.05, 4.69) is 125 Å². The quantitative estimate of drug-likeness (QED) is 0.0169. The Bertz CT molecular complexity index is 2430. The average molecular weight is 1530 g/mol. The lowest BCUT2D eigenvalue weighted by Crippen LogP contribution is -2.30. The highest BCUT2D eigenvalue weighted by molar-refractivity contribution is 7.47. The normalized spacial score (nSPS) is 14.4. The Balaban J connectivity index is 5.43. The molecule has 17 nitrogen and oxygen atoms in total. The number of allylic oxidation sites excluding steroid dienone is 18. The summed E-state index contributed by atoms with van der Waals surface area (Å²) >= 11 is 0. The Hall–Kier alpha value is -4.28. The Kier molecular flexibility index (Phi) is 75.6. The lowest BCUT2D eigenvalue weighted by atomic mass is 10.0. The van der Waals surface area contributed by atoms with Gasteiger partial charge in [-0.15, -0.1) is 0 Å². The van der Waals surface area contributed by atoms with Crippen LogP contribution in [0.2, 0.25) is 0 Å². The van der Waals surface area contributed by atoms with Crippen LogP contribution in [0.3, 0.4) is 0 Å². The van der Waals surface area contributed by atoms with E-state index in [4.69, 9.17) is 37.0 Å². The molecule has 0 saturated heterocycles. The molecule has 0 bridgehead atoms. The maximum Gasteiger partial charge on any atom is 0.472 e. The third kappa shape index (κ3) is 77.9. The van der Waals surface area contributed by atoms with Crippen molar-refractivity contribution in [1.82, 2.24) is 0 Å². The molecule has 0 aromatic heterocycles. The van der Waals surface area contributed by atoms with Gasteiger partial charge in [0.05, 0.1) is 26.4 Å². The zero-order valence-corrected chi connectivity index (χ0v) is 68.9. The predicted molar refractivity (Wildman–Crippen MR) is 436 cm³/mol. The van der Waals surface area contributed by atoms with Crippen LogP contribution in [0.5, 0.6) is 0 Å². The molecule has 0 heterocycles. The molecule has 0 aliphatic heterocycles.